The zero-order valence-electron chi connectivity index (χ0n) is 12.9. The lowest BCUT2D eigenvalue weighted by Crippen LogP contribution is -2.43. The fourth-order valence-electron chi connectivity index (χ4n) is 2.39. The van der Waals surface area contributed by atoms with Gasteiger partial charge in [0.2, 0.25) is 11.9 Å². The van der Waals surface area contributed by atoms with Crippen LogP contribution >= 0.6 is 11.6 Å². The molecule has 0 atom stereocenters. The first-order chi connectivity index (χ1) is 11.6. The first-order valence-corrected chi connectivity index (χ1v) is 7.96. The van der Waals surface area contributed by atoms with E-state index in [1.807, 2.05) is 0 Å². The number of halogens is 1. The van der Waals surface area contributed by atoms with Crippen LogP contribution in [-0.2, 0) is 9.53 Å². The summed E-state index contributed by atoms with van der Waals surface area (Å²) in [7, 11) is 0. The minimum atomic E-state index is -0.295. The molecule has 1 fully saturated rings. The van der Waals surface area contributed by atoms with Crippen LogP contribution in [0.15, 0.2) is 35.1 Å². The fraction of sp³-hybridized carbons (Fsp3) is 0.312. The average molecular weight is 349 g/mol. The monoisotopic (exact) mass is 348 g/mol. The minimum absolute atomic E-state index is 0.0576. The molecule has 126 valence electrons. The number of nitrogens with one attached hydrogen (secondary N) is 2. The third kappa shape index (κ3) is 4.12. The number of aromatic nitrogens is 2. The van der Waals surface area contributed by atoms with E-state index in [1.165, 1.54) is 6.07 Å². The number of hydrogen-bond acceptors (Lipinski definition) is 5. The summed E-state index contributed by atoms with van der Waals surface area (Å²) < 4.78 is 5.22. The number of carbonyl (C=O) groups is 1. The smallest absolute Gasteiger partial charge is 0.252 e. The molecule has 1 aliphatic rings. The maximum Gasteiger partial charge on any atom is 0.252 e. The Balaban J connectivity index is 1.70. The molecular formula is C16H17ClN4O3. The van der Waals surface area contributed by atoms with Crippen molar-refractivity contribution in [1.29, 1.82) is 0 Å². The van der Waals surface area contributed by atoms with Crippen LogP contribution in [0.1, 0.15) is 0 Å². The van der Waals surface area contributed by atoms with Gasteiger partial charge in [-0.2, -0.15) is 0 Å². The summed E-state index contributed by atoms with van der Waals surface area (Å²) in [6.07, 6.45) is 0. The van der Waals surface area contributed by atoms with Gasteiger partial charge in [0.25, 0.3) is 5.56 Å². The highest BCUT2D eigenvalue weighted by Gasteiger charge is 2.16. The van der Waals surface area contributed by atoms with E-state index in [9.17, 15) is 9.59 Å². The van der Waals surface area contributed by atoms with Crippen molar-refractivity contribution in [3.63, 3.8) is 0 Å². The van der Waals surface area contributed by atoms with Crippen LogP contribution < -0.4 is 10.9 Å². The molecule has 3 rings (SSSR count). The van der Waals surface area contributed by atoms with Crippen molar-refractivity contribution in [3.05, 3.63) is 45.7 Å². The topological polar surface area (TPSA) is 87.3 Å². The summed E-state index contributed by atoms with van der Waals surface area (Å²) in [6, 6.07) is 8.43. The van der Waals surface area contributed by atoms with Crippen LogP contribution in [0.2, 0.25) is 5.02 Å². The average Bonchev–Trinajstić information content (AvgIpc) is 2.60. The van der Waals surface area contributed by atoms with Crippen molar-refractivity contribution < 1.29 is 9.53 Å². The van der Waals surface area contributed by atoms with Crippen LogP contribution in [0.5, 0.6) is 0 Å². The van der Waals surface area contributed by atoms with Gasteiger partial charge in [0.1, 0.15) is 0 Å². The number of benzene rings is 1. The zero-order valence-corrected chi connectivity index (χ0v) is 13.7. The lowest BCUT2D eigenvalue weighted by atomic mass is 10.1. The molecule has 0 radical (unpaired) electrons. The normalized spacial score (nSPS) is 14.5. The highest BCUT2D eigenvalue weighted by molar-refractivity contribution is 6.30. The number of carbonyl (C=O) groups excluding carboxylic acids is 1. The SMILES string of the molecule is O=C(CNc1nc(-c2ccc(Cl)cc2)cc(=O)[nH]1)N1CCOCC1. The Hall–Kier alpha value is -2.38. The van der Waals surface area contributed by atoms with Crippen molar-refractivity contribution >= 4 is 23.5 Å². The van der Waals surface area contributed by atoms with E-state index in [1.54, 1.807) is 29.2 Å². The molecule has 1 amide bonds. The van der Waals surface area contributed by atoms with Crippen molar-refractivity contribution in [2.24, 2.45) is 0 Å². The first kappa shape index (κ1) is 16.5. The molecule has 0 bridgehead atoms. The van der Waals surface area contributed by atoms with Crippen LogP contribution in [-0.4, -0.2) is 53.6 Å². The predicted molar refractivity (Wildman–Crippen MR) is 91.2 cm³/mol. The van der Waals surface area contributed by atoms with E-state index < -0.39 is 0 Å². The number of anilines is 1. The fourth-order valence-corrected chi connectivity index (χ4v) is 2.52. The Morgan fingerprint density at radius 1 is 1.29 bits per heavy atom. The molecule has 0 unspecified atom stereocenters. The van der Waals surface area contributed by atoms with Crippen LogP contribution in [0.25, 0.3) is 11.3 Å². The van der Waals surface area contributed by atoms with E-state index in [2.05, 4.69) is 15.3 Å². The van der Waals surface area contributed by atoms with Gasteiger partial charge < -0.3 is 15.0 Å². The molecule has 8 heteroatoms. The van der Waals surface area contributed by atoms with E-state index in [4.69, 9.17) is 16.3 Å². The lowest BCUT2D eigenvalue weighted by Gasteiger charge is -2.26. The minimum Gasteiger partial charge on any atom is -0.378 e. The molecular weight excluding hydrogens is 332 g/mol. The second-order valence-corrected chi connectivity index (χ2v) is 5.77. The van der Waals surface area contributed by atoms with Gasteiger partial charge in [-0.1, -0.05) is 23.7 Å². The second kappa shape index (κ2) is 7.46. The van der Waals surface area contributed by atoms with Gasteiger partial charge in [0, 0.05) is 29.7 Å². The Bertz CT molecular complexity index is 770. The summed E-state index contributed by atoms with van der Waals surface area (Å²) in [5.41, 5.74) is 0.987. The van der Waals surface area contributed by atoms with Gasteiger partial charge >= 0.3 is 0 Å². The maximum atomic E-state index is 12.1. The molecule has 24 heavy (non-hydrogen) atoms. The third-order valence-corrected chi connectivity index (χ3v) is 3.90. The molecule has 1 saturated heterocycles. The highest BCUT2D eigenvalue weighted by atomic mass is 35.5. The zero-order chi connectivity index (χ0) is 16.9. The quantitative estimate of drug-likeness (QED) is 0.871. The molecule has 0 aliphatic carbocycles. The Morgan fingerprint density at radius 2 is 2.00 bits per heavy atom. The Kier molecular flexibility index (Phi) is 5.12. The van der Waals surface area contributed by atoms with Crippen LogP contribution in [0.3, 0.4) is 0 Å². The second-order valence-electron chi connectivity index (χ2n) is 5.33. The summed E-state index contributed by atoms with van der Waals surface area (Å²) >= 11 is 5.87. The molecule has 2 aromatic rings. The number of rotatable bonds is 4. The van der Waals surface area contributed by atoms with Crippen molar-refractivity contribution in [2.75, 3.05) is 38.2 Å². The maximum absolute atomic E-state index is 12.1. The number of ether oxygens (including phenoxy) is 1. The number of nitrogens with zero attached hydrogens (tertiary/aromatic N) is 2. The molecule has 1 aliphatic heterocycles. The number of amides is 1. The number of morpholine rings is 1. The number of aromatic amines is 1. The molecule has 1 aromatic heterocycles. The van der Waals surface area contributed by atoms with Gasteiger partial charge in [-0.15, -0.1) is 0 Å². The predicted octanol–water partition coefficient (Wildman–Crippen LogP) is 1.36. The number of hydrogen-bond donors (Lipinski definition) is 2. The Morgan fingerprint density at radius 3 is 2.71 bits per heavy atom. The summed E-state index contributed by atoms with van der Waals surface area (Å²) in [5.74, 6) is 0.201. The number of H-pyrrole nitrogens is 1. The molecule has 2 heterocycles. The third-order valence-electron chi connectivity index (χ3n) is 3.65. The van der Waals surface area contributed by atoms with Gasteiger partial charge in [0.05, 0.1) is 25.5 Å². The van der Waals surface area contributed by atoms with Crippen molar-refractivity contribution in [1.82, 2.24) is 14.9 Å². The van der Waals surface area contributed by atoms with Gasteiger partial charge in [0.15, 0.2) is 0 Å². The van der Waals surface area contributed by atoms with E-state index in [0.717, 1.165) is 5.56 Å². The van der Waals surface area contributed by atoms with Crippen molar-refractivity contribution in [3.8, 4) is 11.3 Å². The molecule has 1 aromatic carbocycles. The van der Waals surface area contributed by atoms with Gasteiger partial charge in [-0.3, -0.25) is 14.6 Å². The lowest BCUT2D eigenvalue weighted by molar-refractivity contribution is -0.133. The molecule has 2 N–H and O–H groups in total. The van der Waals surface area contributed by atoms with Gasteiger partial charge in [-0.25, -0.2) is 4.98 Å². The van der Waals surface area contributed by atoms with Gasteiger partial charge in [-0.05, 0) is 12.1 Å². The van der Waals surface area contributed by atoms with E-state index in [-0.39, 0.29) is 24.0 Å². The molecule has 0 saturated carbocycles. The highest BCUT2D eigenvalue weighted by Crippen LogP contribution is 2.19. The van der Waals surface area contributed by atoms with Crippen LogP contribution in [0, 0.1) is 0 Å². The van der Waals surface area contributed by atoms with Crippen molar-refractivity contribution in [2.45, 2.75) is 0 Å². The first-order valence-electron chi connectivity index (χ1n) is 7.58. The van der Waals surface area contributed by atoms with E-state index in [0.29, 0.717) is 37.0 Å². The summed E-state index contributed by atoms with van der Waals surface area (Å²) in [4.78, 5) is 32.6. The summed E-state index contributed by atoms with van der Waals surface area (Å²) in [5, 5.41) is 3.49. The largest absolute Gasteiger partial charge is 0.378 e. The summed E-state index contributed by atoms with van der Waals surface area (Å²) in [6.45, 7) is 2.32. The standard InChI is InChI=1S/C16H17ClN4O3/c17-12-3-1-11(2-4-12)13-9-14(22)20-16(19-13)18-10-15(23)21-5-7-24-8-6-21/h1-4,9H,5-8,10H2,(H2,18,19,20,22). The molecule has 7 nitrogen and oxygen atoms in total. The van der Waals surface area contributed by atoms with Crippen LogP contribution in [0.4, 0.5) is 5.95 Å². The Labute approximate surface area is 143 Å². The van der Waals surface area contributed by atoms with E-state index >= 15 is 0 Å². The molecule has 0 spiro atoms.